The lowest BCUT2D eigenvalue weighted by Gasteiger charge is -2.16. The molecular formula is C16H25NO3S2. The zero-order valence-electron chi connectivity index (χ0n) is 13.8. The highest BCUT2D eigenvalue weighted by Gasteiger charge is 2.31. The third kappa shape index (κ3) is 3.96. The average molecular weight is 344 g/mol. The Morgan fingerprint density at radius 2 is 2.09 bits per heavy atom. The van der Waals surface area contributed by atoms with Crippen LogP contribution in [0.15, 0.2) is 6.07 Å². The van der Waals surface area contributed by atoms with Crippen molar-refractivity contribution in [1.82, 2.24) is 4.57 Å². The predicted octanol–water partition coefficient (Wildman–Crippen LogP) is 3.04. The summed E-state index contributed by atoms with van der Waals surface area (Å²) in [6.07, 6.45) is 0.647. The Morgan fingerprint density at radius 1 is 1.41 bits per heavy atom. The first-order valence-corrected chi connectivity index (χ1v) is 10.7. The van der Waals surface area contributed by atoms with E-state index in [9.17, 15) is 13.2 Å². The van der Waals surface area contributed by atoms with Crippen LogP contribution in [0.1, 0.15) is 48.1 Å². The van der Waals surface area contributed by atoms with Crippen LogP contribution in [0.4, 0.5) is 0 Å². The Hall–Kier alpha value is -0.750. The summed E-state index contributed by atoms with van der Waals surface area (Å²) in [5, 5.41) is 0. The summed E-state index contributed by atoms with van der Waals surface area (Å²) in [4.78, 5) is 12.4. The Balaban J connectivity index is 2.15. The highest BCUT2D eigenvalue weighted by Crippen LogP contribution is 2.29. The molecule has 0 spiro atoms. The van der Waals surface area contributed by atoms with Crippen molar-refractivity contribution in [2.24, 2.45) is 5.92 Å². The number of hydrogen-bond acceptors (Lipinski definition) is 4. The van der Waals surface area contributed by atoms with Crippen LogP contribution < -0.4 is 0 Å². The largest absolute Gasteiger partial charge is 0.344 e. The second kappa shape index (κ2) is 6.79. The fraction of sp³-hybridized carbons (Fsp3) is 0.688. The average Bonchev–Trinajstić information content (AvgIpc) is 2.88. The van der Waals surface area contributed by atoms with Crippen LogP contribution in [0.25, 0.3) is 0 Å². The lowest BCUT2D eigenvalue weighted by atomic mass is 10.2. The van der Waals surface area contributed by atoms with Crippen LogP contribution in [-0.2, 0) is 9.84 Å². The van der Waals surface area contributed by atoms with Gasteiger partial charge in [-0.25, -0.2) is 8.42 Å². The number of carbonyl (C=O) groups is 1. The topological polar surface area (TPSA) is 56.1 Å². The lowest BCUT2D eigenvalue weighted by molar-refractivity contribution is 0.102. The number of thioether (sulfide) groups is 1. The van der Waals surface area contributed by atoms with Gasteiger partial charge in [-0.1, -0.05) is 13.8 Å². The van der Waals surface area contributed by atoms with Crippen LogP contribution in [0.3, 0.4) is 0 Å². The molecule has 1 unspecified atom stereocenters. The molecule has 1 aromatic heterocycles. The molecule has 1 atom stereocenters. The van der Waals surface area contributed by atoms with Crippen molar-refractivity contribution in [3.63, 3.8) is 0 Å². The molecule has 0 radical (unpaired) electrons. The summed E-state index contributed by atoms with van der Waals surface area (Å²) in [6.45, 7) is 8.17. The van der Waals surface area contributed by atoms with Crippen LogP contribution in [0.2, 0.25) is 0 Å². The summed E-state index contributed by atoms with van der Waals surface area (Å²) in [5.41, 5.74) is 2.64. The highest BCUT2D eigenvalue weighted by molar-refractivity contribution is 7.99. The van der Waals surface area contributed by atoms with E-state index in [1.54, 1.807) is 11.8 Å². The quantitative estimate of drug-likeness (QED) is 0.745. The SMILES string of the molecule is Cc1cc(C(=O)CSCC(C)C)c(C)n1C1CCS(=O)(=O)C1. The number of hydrogen-bond donors (Lipinski definition) is 0. The van der Waals surface area contributed by atoms with Crippen molar-refractivity contribution < 1.29 is 13.2 Å². The van der Waals surface area contributed by atoms with Crippen molar-refractivity contribution >= 4 is 27.4 Å². The van der Waals surface area contributed by atoms with Crippen LogP contribution in [-0.4, -0.2) is 41.8 Å². The molecule has 4 nitrogen and oxygen atoms in total. The lowest BCUT2D eigenvalue weighted by Crippen LogP contribution is -2.14. The van der Waals surface area contributed by atoms with E-state index in [0.717, 1.165) is 22.7 Å². The van der Waals surface area contributed by atoms with Gasteiger partial charge in [-0.15, -0.1) is 0 Å². The molecule has 0 saturated carbocycles. The first-order chi connectivity index (χ1) is 10.2. The number of nitrogens with zero attached hydrogens (tertiary/aromatic N) is 1. The number of Topliss-reactive ketones (excluding diaryl/α,β-unsaturated/α-hetero) is 1. The maximum absolute atomic E-state index is 12.4. The third-order valence-corrected chi connectivity index (χ3v) is 7.16. The van der Waals surface area contributed by atoms with Crippen LogP contribution >= 0.6 is 11.8 Å². The van der Waals surface area contributed by atoms with E-state index in [2.05, 4.69) is 13.8 Å². The normalized spacial score (nSPS) is 20.7. The van der Waals surface area contributed by atoms with Crippen molar-refractivity contribution in [2.75, 3.05) is 23.0 Å². The van der Waals surface area contributed by atoms with E-state index in [4.69, 9.17) is 0 Å². The van der Waals surface area contributed by atoms with E-state index >= 15 is 0 Å². The molecule has 0 aromatic carbocycles. The van der Waals surface area contributed by atoms with Gasteiger partial charge in [0.15, 0.2) is 15.6 Å². The van der Waals surface area contributed by atoms with Gasteiger partial charge in [-0.3, -0.25) is 4.79 Å². The molecule has 0 N–H and O–H groups in total. The molecule has 124 valence electrons. The van der Waals surface area contributed by atoms with Gasteiger partial charge in [-0.2, -0.15) is 11.8 Å². The maximum Gasteiger partial charge on any atom is 0.174 e. The van der Waals surface area contributed by atoms with Gasteiger partial charge in [-0.05, 0) is 38.0 Å². The fourth-order valence-electron chi connectivity index (χ4n) is 3.07. The van der Waals surface area contributed by atoms with E-state index < -0.39 is 9.84 Å². The van der Waals surface area contributed by atoms with E-state index in [1.807, 2.05) is 24.5 Å². The first kappa shape index (κ1) is 17.6. The van der Waals surface area contributed by atoms with Gasteiger partial charge in [0.2, 0.25) is 0 Å². The first-order valence-electron chi connectivity index (χ1n) is 7.71. The third-order valence-electron chi connectivity index (χ3n) is 4.04. The van der Waals surface area contributed by atoms with Gasteiger partial charge in [0.05, 0.1) is 17.3 Å². The summed E-state index contributed by atoms with van der Waals surface area (Å²) >= 11 is 1.67. The Labute approximate surface area is 137 Å². The van der Waals surface area contributed by atoms with E-state index in [-0.39, 0.29) is 23.3 Å². The fourth-order valence-corrected chi connectivity index (χ4v) is 5.70. The molecule has 0 amide bonds. The second-order valence-electron chi connectivity index (χ2n) is 6.54. The molecule has 2 rings (SSSR count). The smallest absolute Gasteiger partial charge is 0.174 e. The molecule has 1 aliphatic rings. The van der Waals surface area contributed by atoms with Crippen LogP contribution in [0.5, 0.6) is 0 Å². The molecule has 6 heteroatoms. The minimum absolute atomic E-state index is 0.0186. The van der Waals surface area contributed by atoms with Gasteiger partial charge in [0, 0.05) is 23.0 Å². The number of sulfone groups is 1. The number of rotatable bonds is 6. The standard InChI is InChI=1S/C16H25NO3S2/c1-11(2)8-21-9-16(18)15-7-12(3)17(13(15)4)14-5-6-22(19,20)10-14/h7,11,14H,5-6,8-10H2,1-4H3. The molecule has 1 fully saturated rings. The van der Waals surface area contributed by atoms with Crippen molar-refractivity contribution in [3.05, 3.63) is 23.0 Å². The molecule has 1 aromatic rings. The molecule has 0 aliphatic carbocycles. The van der Waals surface area contributed by atoms with Crippen molar-refractivity contribution in [1.29, 1.82) is 0 Å². The number of aromatic nitrogens is 1. The zero-order chi connectivity index (χ0) is 16.5. The second-order valence-corrected chi connectivity index (χ2v) is 9.80. The number of ketones is 1. The molecule has 0 bridgehead atoms. The number of carbonyl (C=O) groups excluding carboxylic acids is 1. The minimum atomic E-state index is -2.92. The van der Waals surface area contributed by atoms with Crippen molar-refractivity contribution in [3.8, 4) is 0 Å². The Kier molecular flexibility index (Phi) is 5.43. The Bertz CT molecular complexity index is 659. The molecule has 22 heavy (non-hydrogen) atoms. The maximum atomic E-state index is 12.4. The van der Waals surface area contributed by atoms with Gasteiger partial charge in [0.25, 0.3) is 0 Å². The van der Waals surface area contributed by atoms with E-state index in [0.29, 0.717) is 18.1 Å². The summed E-state index contributed by atoms with van der Waals surface area (Å²) in [7, 11) is -2.92. The van der Waals surface area contributed by atoms with Crippen molar-refractivity contribution in [2.45, 2.75) is 40.2 Å². The summed E-state index contributed by atoms with van der Waals surface area (Å²) < 4.78 is 25.4. The molecular weight excluding hydrogens is 318 g/mol. The highest BCUT2D eigenvalue weighted by atomic mass is 32.2. The van der Waals surface area contributed by atoms with Gasteiger partial charge in [0.1, 0.15) is 0 Å². The molecule has 1 aliphatic heterocycles. The summed E-state index contributed by atoms with van der Waals surface area (Å²) in [5.74, 6) is 2.64. The van der Waals surface area contributed by atoms with Gasteiger partial charge < -0.3 is 4.57 Å². The Morgan fingerprint density at radius 3 is 2.64 bits per heavy atom. The van der Waals surface area contributed by atoms with Crippen LogP contribution in [0, 0.1) is 19.8 Å². The predicted molar refractivity (Wildman–Crippen MR) is 92.7 cm³/mol. The number of aryl methyl sites for hydroxylation is 1. The molecule has 2 heterocycles. The summed E-state index contributed by atoms with van der Waals surface area (Å²) in [6, 6.07) is 1.90. The van der Waals surface area contributed by atoms with Gasteiger partial charge >= 0.3 is 0 Å². The molecule has 1 saturated heterocycles. The van der Waals surface area contributed by atoms with E-state index in [1.165, 1.54) is 0 Å². The zero-order valence-corrected chi connectivity index (χ0v) is 15.4. The monoisotopic (exact) mass is 343 g/mol. The minimum Gasteiger partial charge on any atom is -0.344 e.